The quantitative estimate of drug-likeness (QED) is 0.840. The van der Waals surface area contributed by atoms with Gasteiger partial charge in [-0.1, -0.05) is 37.0 Å². The smallest absolute Gasteiger partial charge is 0.313 e. The average Bonchev–Trinajstić information content (AvgIpc) is 2.26. The van der Waals surface area contributed by atoms with Gasteiger partial charge in [0.2, 0.25) is 0 Å². The fraction of sp³-hybridized carbons (Fsp3) is 0.385. The highest BCUT2D eigenvalue weighted by Crippen LogP contribution is 2.22. The van der Waals surface area contributed by atoms with Crippen molar-refractivity contribution in [2.75, 3.05) is 11.9 Å². The highest BCUT2D eigenvalue weighted by Gasteiger charge is 2.13. The molecule has 0 atom stereocenters. The molecule has 0 spiro atoms. The number of halogens is 2. The van der Waals surface area contributed by atoms with E-state index in [2.05, 4.69) is 10.6 Å². The fourth-order valence-corrected chi connectivity index (χ4v) is 1.89. The average molecular weight is 303 g/mol. The van der Waals surface area contributed by atoms with Crippen molar-refractivity contribution in [3.05, 3.63) is 28.2 Å². The van der Waals surface area contributed by atoms with Crippen molar-refractivity contribution < 1.29 is 9.59 Å². The molecular formula is C13H16Cl2N2O2. The van der Waals surface area contributed by atoms with Crippen molar-refractivity contribution in [2.45, 2.75) is 20.3 Å². The lowest BCUT2D eigenvalue weighted by Crippen LogP contribution is -2.36. The molecule has 0 unspecified atom stereocenters. The number of anilines is 1. The summed E-state index contributed by atoms with van der Waals surface area (Å²) in [5.74, 6) is -0.936. The van der Waals surface area contributed by atoms with Crippen molar-refractivity contribution in [1.82, 2.24) is 5.32 Å². The number of carbonyl (C=O) groups is 2. The van der Waals surface area contributed by atoms with E-state index < -0.39 is 11.8 Å². The maximum absolute atomic E-state index is 11.6. The molecule has 2 N–H and O–H groups in total. The van der Waals surface area contributed by atoms with Gasteiger partial charge in [0.1, 0.15) is 0 Å². The molecule has 0 bridgehead atoms. The van der Waals surface area contributed by atoms with Crippen LogP contribution >= 0.6 is 23.2 Å². The van der Waals surface area contributed by atoms with Crippen molar-refractivity contribution >= 4 is 40.7 Å². The lowest BCUT2D eigenvalue weighted by molar-refractivity contribution is -0.136. The van der Waals surface area contributed by atoms with E-state index in [0.29, 0.717) is 28.2 Å². The van der Waals surface area contributed by atoms with E-state index in [9.17, 15) is 9.59 Å². The second-order valence-electron chi connectivity index (χ2n) is 4.55. The molecule has 19 heavy (non-hydrogen) atoms. The number of hydrogen-bond donors (Lipinski definition) is 2. The number of amides is 2. The van der Waals surface area contributed by atoms with Crippen LogP contribution in [0.1, 0.15) is 20.3 Å². The van der Waals surface area contributed by atoms with E-state index in [1.165, 1.54) is 12.1 Å². The third-order valence-electron chi connectivity index (χ3n) is 2.33. The van der Waals surface area contributed by atoms with Gasteiger partial charge in [0.25, 0.3) is 0 Å². The molecule has 0 aliphatic rings. The van der Waals surface area contributed by atoms with Crippen LogP contribution in [0.25, 0.3) is 0 Å². The van der Waals surface area contributed by atoms with Crippen LogP contribution < -0.4 is 10.6 Å². The summed E-state index contributed by atoms with van der Waals surface area (Å²) in [4.78, 5) is 23.1. The lowest BCUT2D eigenvalue weighted by atomic mass is 10.1. The van der Waals surface area contributed by atoms with Crippen LogP contribution in [0.15, 0.2) is 18.2 Å². The molecule has 0 saturated heterocycles. The van der Waals surface area contributed by atoms with Crippen molar-refractivity contribution in [3.8, 4) is 0 Å². The predicted molar refractivity (Wildman–Crippen MR) is 77.6 cm³/mol. The van der Waals surface area contributed by atoms with Crippen molar-refractivity contribution in [1.29, 1.82) is 0 Å². The van der Waals surface area contributed by atoms with E-state index in [1.807, 2.05) is 13.8 Å². The molecule has 6 heteroatoms. The SMILES string of the molecule is CC(C)CCNC(=O)C(=O)Nc1cc(Cl)cc(Cl)c1. The number of rotatable bonds is 4. The van der Waals surface area contributed by atoms with E-state index >= 15 is 0 Å². The first-order chi connectivity index (χ1) is 8.88. The molecule has 1 rings (SSSR count). The largest absolute Gasteiger partial charge is 0.348 e. The molecule has 1 aromatic rings. The Morgan fingerprint density at radius 3 is 2.21 bits per heavy atom. The first-order valence-electron chi connectivity index (χ1n) is 5.93. The van der Waals surface area contributed by atoms with Gasteiger partial charge in [0.15, 0.2) is 0 Å². The second kappa shape index (κ2) is 7.36. The summed E-state index contributed by atoms with van der Waals surface area (Å²) in [6.07, 6.45) is 0.821. The summed E-state index contributed by atoms with van der Waals surface area (Å²) >= 11 is 11.6. The summed E-state index contributed by atoms with van der Waals surface area (Å²) in [5, 5.41) is 5.77. The summed E-state index contributed by atoms with van der Waals surface area (Å²) in [5.41, 5.74) is 0.390. The first kappa shape index (κ1) is 15.8. The molecule has 0 saturated carbocycles. The van der Waals surface area contributed by atoms with E-state index in [0.717, 1.165) is 6.42 Å². The standard InChI is InChI=1S/C13H16Cl2N2O2/c1-8(2)3-4-16-12(18)13(19)17-11-6-9(14)5-10(15)7-11/h5-8H,3-4H2,1-2H3,(H,16,18)(H,17,19). The molecule has 104 valence electrons. The third-order valence-corrected chi connectivity index (χ3v) is 2.77. The molecule has 0 radical (unpaired) electrons. The van der Waals surface area contributed by atoms with Crippen molar-refractivity contribution in [3.63, 3.8) is 0 Å². The highest BCUT2D eigenvalue weighted by atomic mass is 35.5. The van der Waals surface area contributed by atoms with Gasteiger partial charge in [-0.3, -0.25) is 9.59 Å². The Balaban J connectivity index is 2.52. The molecule has 2 amide bonds. The monoisotopic (exact) mass is 302 g/mol. The van der Waals surface area contributed by atoms with Gasteiger partial charge in [-0.25, -0.2) is 0 Å². The van der Waals surface area contributed by atoms with Crippen LogP contribution in [-0.2, 0) is 9.59 Å². The fourth-order valence-electron chi connectivity index (χ4n) is 1.37. The van der Waals surface area contributed by atoms with Crippen molar-refractivity contribution in [2.24, 2.45) is 5.92 Å². The molecular weight excluding hydrogens is 287 g/mol. The number of benzene rings is 1. The van der Waals surface area contributed by atoms with Gasteiger partial charge in [0, 0.05) is 22.3 Å². The number of nitrogens with one attached hydrogen (secondary N) is 2. The molecule has 0 aliphatic carbocycles. The minimum Gasteiger partial charge on any atom is -0.348 e. The van der Waals surface area contributed by atoms with Crippen LogP contribution in [0.4, 0.5) is 5.69 Å². The van der Waals surface area contributed by atoms with Gasteiger partial charge in [0.05, 0.1) is 0 Å². The Hall–Kier alpha value is -1.26. The Bertz CT molecular complexity index is 455. The maximum Gasteiger partial charge on any atom is 0.313 e. The summed E-state index contributed by atoms with van der Waals surface area (Å²) in [6.45, 7) is 4.56. The van der Waals surface area contributed by atoms with Crippen LogP contribution in [-0.4, -0.2) is 18.4 Å². The summed E-state index contributed by atoms with van der Waals surface area (Å²) < 4.78 is 0. The zero-order valence-corrected chi connectivity index (χ0v) is 12.3. The van der Waals surface area contributed by atoms with Gasteiger partial charge in [-0.2, -0.15) is 0 Å². The Morgan fingerprint density at radius 2 is 1.68 bits per heavy atom. The summed E-state index contributed by atoms with van der Waals surface area (Å²) in [7, 11) is 0. The van der Waals surface area contributed by atoms with Crippen LogP contribution in [0.3, 0.4) is 0 Å². The van der Waals surface area contributed by atoms with Gasteiger partial charge < -0.3 is 10.6 Å². The second-order valence-corrected chi connectivity index (χ2v) is 5.42. The molecule has 4 nitrogen and oxygen atoms in total. The van der Waals surface area contributed by atoms with E-state index in [1.54, 1.807) is 6.07 Å². The molecule has 1 aromatic carbocycles. The topological polar surface area (TPSA) is 58.2 Å². The predicted octanol–water partition coefficient (Wildman–Crippen LogP) is 3.09. The maximum atomic E-state index is 11.6. The molecule has 0 aliphatic heterocycles. The molecule has 0 heterocycles. The Labute approximate surface area is 122 Å². The highest BCUT2D eigenvalue weighted by molar-refractivity contribution is 6.40. The number of carbonyl (C=O) groups excluding carboxylic acids is 2. The first-order valence-corrected chi connectivity index (χ1v) is 6.69. The Kier molecular flexibility index (Phi) is 6.12. The number of hydrogen-bond acceptors (Lipinski definition) is 2. The molecule has 0 aromatic heterocycles. The molecule has 0 fully saturated rings. The van der Waals surface area contributed by atoms with Crippen LogP contribution in [0, 0.1) is 5.92 Å². The normalized spacial score (nSPS) is 10.4. The van der Waals surface area contributed by atoms with Gasteiger partial charge in [-0.15, -0.1) is 0 Å². The lowest BCUT2D eigenvalue weighted by Gasteiger charge is -2.08. The van der Waals surface area contributed by atoms with Crippen LogP contribution in [0.5, 0.6) is 0 Å². The van der Waals surface area contributed by atoms with E-state index in [-0.39, 0.29) is 0 Å². The zero-order valence-electron chi connectivity index (χ0n) is 10.8. The summed E-state index contributed by atoms with van der Waals surface area (Å²) in [6, 6.07) is 4.58. The minimum atomic E-state index is -0.734. The van der Waals surface area contributed by atoms with E-state index in [4.69, 9.17) is 23.2 Å². The minimum absolute atomic E-state index is 0.390. The third kappa shape index (κ3) is 5.94. The van der Waals surface area contributed by atoms with Crippen LogP contribution in [0.2, 0.25) is 10.0 Å². The van der Waals surface area contributed by atoms with Gasteiger partial charge in [-0.05, 0) is 30.5 Å². The zero-order chi connectivity index (χ0) is 14.4. The Morgan fingerprint density at radius 1 is 1.11 bits per heavy atom. The van der Waals surface area contributed by atoms with Gasteiger partial charge >= 0.3 is 11.8 Å².